The number of aliphatic hydroxyl groups excluding tert-OH is 5. The number of amides is 1. The summed E-state index contributed by atoms with van der Waals surface area (Å²) < 4.78 is 16.7. The van der Waals surface area contributed by atoms with Gasteiger partial charge in [0.2, 0.25) is 5.91 Å². The lowest BCUT2D eigenvalue weighted by atomic mass is 9.99. The molecule has 0 saturated carbocycles. The van der Waals surface area contributed by atoms with Crippen molar-refractivity contribution in [3.8, 4) is 0 Å². The van der Waals surface area contributed by atoms with Gasteiger partial charge in [0.1, 0.15) is 24.4 Å². The van der Waals surface area contributed by atoms with Gasteiger partial charge in [-0.3, -0.25) is 9.59 Å². The average Bonchev–Trinajstić information content (AvgIpc) is 3.68. The largest absolute Gasteiger partial charge is 0.466 e. The number of unbranched alkanes of at least 4 members (excludes halogenated alkanes) is 39. The fraction of sp³-hybridized carbons (Fsp3) is 0.833. The lowest BCUT2D eigenvalue weighted by Crippen LogP contribution is -2.60. The number of hydrogen-bond donors (Lipinski definition) is 6. The molecule has 7 atom stereocenters. The smallest absolute Gasteiger partial charge is 0.305 e. The molecule has 0 aromatic rings. The van der Waals surface area contributed by atoms with Gasteiger partial charge in [-0.05, 0) is 83.5 Å². The molecule has 83 heavy (non-hydrogen) atoms. The normalized spacial score (nSPS) is 18.5. The van der Waals surface area contributed by atoms with E-state index in [9.17, 15) is 35.1 Å². The van der Waals surface area contributed by atoms with E-state index >= 15 is 0 Å². The molecule has 6 N–H and O–H groups in total. The van der Waals surface area contributed by atoms with Crippen LogP contribution in [0.1, 0.15) is 322 Å². The summed E-state index contributed by atoms with van der Waals surface area (Å²) in [5.74, 6) is -0.190. The van der Waals surface area contributed by atoms with Crippen LogP contribution in [-0.2, 0) is 23.8 Å². The summed E-state index contributed by atoms with van der Waals surface area (Å²) in [5, 5.41) is 54.3. The molecule has 1 rings (SSSR count). The summed E-state index contributed by atoms with van der Waals surface area (Å²) in [6, 6.07) is -0.833. The Hall–Kier alpha value is -2.64. The van der Waals surface area contributed by atoms with E-state index in [0.29, 0.717) is 19.4 Å². The first-order valence-electron chi connectivity index (χ1n) is 35.1. The fourth-order valence-corrected chi connectivity index (χ4v) is 10.8. The molecule has 1 aliphatic rings. The van der Waals surface area contributed by atoms with Crippen LogP contribution >= 0.6 is 0 Å². The van der Waals surface area contributed by atoms with Gasteiger partial charge in [0.25, 0.3) is 0 Å². The quantitative estimate of drug-likeness (QED) is 0.0195. The van der Waals surface area contributed by atoms with Gasteiger partial charge in [0.15, 0.2) is 6.29 Å². The van der Waals surface area contributed by atoms with E-state index in [4.69, 9.17) is 14.2 Å². The molecule has 0 spiro atoms. The summed E-state index contributed by atoms with van der Waals surface area (Å²) in [6.07, 6.45) is 70.9. The molecular weight excluding hydrogens is 1040 g/mol. The van der Waals surface area contributed by atoms with Crippen molar-refractivity contribution in [3.63, 3.8) is 0 Å². The second-order valence-corrected chi connectivity index (χ2v) is 24.2. The third kappa shape index (κ3) is 50.1. The highest BCUT2D eigenvalue weighted by molar-refractivity contribution is 5.76. The molecule has 1 amide bonds. The van der Waals surface area contributed by atoms with Crippen LogP contribution in [0.5, 0.6) is 0 Å². The summed E-state index contributed by atoms with van der Waals surface area (Å²) in [4.78, 5) is 25.0. The highest BCUT2D eigenvalue weighted by Gasteiger charge is 2.44. The Labute approximate surface area is 509 Å². The predicted octanol–water partition coefficient (Wildman–Crippen LogP) is 17.7. The minimum Gasteiger partial charge on any atom is -0.466 e. The molecule has 1 heterocycles. The number of carbonyl (C=O) groups excluding carboxylic acids is 2. The average molecular weight is 1170 g/mol. The van der Waals surface area contributed by atoms with E-state index in [0.717, 1.165) is 83.5 Å². The Balaban J connectivity index is 1.96. The first-order valence-corrected chi connectivity index (χ1v) is 35.1. The van der Waals surface area contributed by atoms with Gasteiger partial charge in [0.05, 0.1) is 32.0 Å². The SMILES string of the molecule is CCC/C=C/CC/C=C/CC/C=C/C(O)C(COC1OC(CO)C(O)C(O)C1O)NC(=O)CCCCCCCCCCCCCCCCCCC/C=C\C/C=C\CCCCCCCCCCCOC(=O)CCCCCCCCCCCCC. The summed E-state index contributed by atoms with van der Waals surface area (Å²) in [5.41, 5.74) is 0. The second-order valence-electron chi connectivity index (χ2n) is 24.2. The van der Waals surface area contributed by atoms with Crippen molar-refractivity contribution in [3.05, 3.63) is 60.8 Å². The van der Waals surface area contributed by atoms with Crippen LogP contribution in [0, 0.1) is 0 Å². The van der Waals surface area contributed by atoms with Crippen molar-refractivity contribution >= 4 is 11.9 Å². The monoisotopic (exact) mass is 1170 g/mol. The summed E-state index contributed by atoms with van der Waals surface area (Å²) >= 11 is 0. The van der Waals surface area contributed by atoms with Gasteiger partial charge in [-0.1, -0.05) is 286 Å². The molecule has 0 aliphatic carbocycles. The zero-order valence-corrected chi connectivity index (χ0v) is 53.7. The number of allylic oxidation sites excluding steroid dienone is 9. The minimum absolute atomic E-state index is 0.00597. The van der Waals surface area contributed by atoms with Crippen LogP contribution in [0.15, 0.2) is 60.8 Å². The highest BCUT2D eigenvalue weighted by atomic mass is 16.7. The third-order valence-electron chi connectivity index (χ3n) is 16.3. The van der Waals surface area contributed by atoms with Crippen molar-refractivity contribution in [1.29, 1.82) is 0 Å². The van der Waals surface area contributed by atoms with Gasteiger partial charge >= 0.3 is 5.97 Å². The molecule has 7 unspecified atom stereocenters. The van der Waals surface area contributed by atoms with Crippen molar-refractivity contribution < 1.29 is 49.3 Å². The topological polar surface area (TPSA) is 175 Å². The third-order valence-corrected chi connectivity index (χ3v) is 16.3. The van der Waals surface area contributed by atoms with Crippen LogP contribution in [0.4, 0.5) is 0 Å². The van der Waals surface area contributed by atoms with Crippen LogP contribution in [0.2, 0.25) is 0 Å². The molecule has 0 radical (unpaired) electrons. The van der Waals surface area contributed by atoms with Crippen molar-refractivity contribution in [2.45, 2.75) is 365 Å². The minimum atomic E-state index is -1.58. The molecule has 1 aliphatic heterocycles. The van der Waals surface area contributed by atoms with Gasteiger partial charge < -0.3 is 45.1 Å². The van der Waals surface area contributed by atoms with Gasteiger partial charge in [-0.2, -0.15) is 0 Å². The van der Waals surface area contributed by atoms with Gasteiger partial charge in [-0.25, -0.2) is 0 Å². The number of hydrogen-bond acceptors (Lipinski definition) is 10. The molecule has 11 heteroatoms. The predicted molar refractivity (Wildman–Crippen MR) is 347 cm³/mol. The summed E-state index contributed by atoms with van der Waals surface area (Å²) in [7, 11) is 0. The molecule has 0 bridgehead atoms. The Bertz CT molecular complexity index is 1560. The molecule has 11 nitrogen and oxygen atoms in total. The van der Waals surface area contributed by atoms with E-state index in [-0.39, 0.29) is 18.5 Å². The maximum absolute atomic E-state index is 13.0. The Morgan fingerprint density at radius 3 is 1.30 bits per heavy atom. The van der Waals surface area contributed by atoms with E-state index < -0.39 is 49.5 Å². The Kier molecular flexibility index (Phi) is 57.6. The number of aliphatic hydroxyl groups is 5. The standard InChI is InChI=1S/C72H131NO10/c1-3-5-7-9-11-13-38-42-46-50-54-58-65(75)64(63-82-72-71(80)70(79)69(78)66(62-74)83-72)73-67(76)59-55-51-47-43-40-36-34-32-30-28-26-24-22-20-18-16-15-17-19-21-23-25-27-29-31-33-35-37-41-45-49-53-57-61-81-68(77)60-56-52-48-44-39-14-12-10-8-6-4-2/h7,9,19,21,25,27,38,42,54,58,64-66,69-72,74-75,78-80H,3-6,8,10-18,20,22-24,26,28-37,39-41,43-53,55-57,59-63H2,1-2H3,(H,73,76)/b9-7+,21-19-,27-25-,42-38+,58-54+. The maximum Gasteiger partial charge on any atom is 0.305 e. The van der Waals surface area contributed by atoms with Crippen LogP contribution in [0.25, 0.3) is 0 Å². The van der Waals surface area contributed by atoms with Crippen molar-refractivity contribution in [1.82, 2.24) is 5.32 Å². The van der Waals surface area contributed by atoms with Crippen molar-refractivity contribution in [2.75, 3.05) is 19.8 Å². The van der Waals surface area contributed by atoms with Crippen LogP contribution in [-0.4, -0.2) is 100 Å². The highest BCUT2D eigenvalue weighted by Crippen LogP contribution is 2.23. The van der Waals surface area contributed by atoms with Crippen molar-refractivity contribution in [2.24, 2.45) is 0 Å². The van der Waals surface area contributed by atoms with E-state index in [1.54, 1.807) is 6.08 Å². The first kappa shape index (κ1) is 78.4. The number of nitrogens with one attached hydrogen (secondary N) is 1. The number of carbonyl (C=O) groups is 2. The first-order chi connectivity index (χ1) is 40.7. The van der Waals surface area contributed by atoms with E-state index in [2.05, 4.69) is 67.8 Å². The fourth-order valence-electron chi connectivity index (χ4n) is 10.8. The number of rotatable bonds is 61. The zero-order valence-electron chi connectivity index (χ0n) is 53.7. The lowest BCUT2D eigenvalue weighted by molar-refractivity contribution is -0.302. The maximum atomic E-state index is 13.0. The molecule has 0 aromatic heterocycles. The molecule has 484 valence electrons. The Morgan fingerprint density at radius 2 is 0.843 bits per heavy atom. The van der Waals surface area contributed by atoms with E-state index in [1.807, 2.05) is 6.08 Å². The van der Waals surface area contributed by atoms with Gasteiger partial charge in [-0.15, -0.1) is 0 Å². The van der Waals surface area contributed by atoms with Gasteiger partial charge in [0, 0.05) is 12.8 Å². The lowest BCUT2D eigenvalue weighted by Gasteiger charge is -2.40. The zero-order chi connectivity index (χ0) is 60.2. The molecule has 1 saturated heterocycles. The molecule has 1 fully saturated rings. The number of esters is 1. The van der Waals surface area contributed by atoms with Crippen LogP contribution < -0.4 is 5.32 Å². The summed E-state index contributed by atoms with van der Waals surface area (Å²) in [6.45, 7) is 4.26. The van der Waals surface area contributed by atoms with Crippen LogP contribution in [0.3, 0.4) is 0 Å². The molecule has 0 aromatic carbocycles. The Morgan fingerprint density at radius 1 is 0.446 bits per heavy atom. The second kappa shape index (κ2) is 61.0. The number of ether oxygens (including phenoxy) is 3. The van der Waals surface area contributed by atoms with E-state index in [1.165, 1.54) is 212 Å². The molecular formula is C72H131NO10.